The van der Waals surface area contributed by atoms with Crippen LogP contribution in [0, 0.1) is 13.8 Å². The van der Waals surface area contributed by atoms with Crippen LogP contribution >= 0.6 is 0 Å². The van der Waals surface area contributed by atoms with Gasteiger partial charge in [-0.1, -0.05) is 48.5 Å². The molecule has 0 aromatic heterocycles. The standard InChI is InChI=1S/C24H23NO4/c1-16-7-8-17(2)21(13-16)25-23(27)11-12-24(28)29-15-22(26)20-10-9-18-5-3-4-6-19(18)14-20/h3-10,13-14H,11-12,15H2,1-2H3,(H,25,27). The van der Waals surface area contributed by atoms with E-state index in [1.807, 2.05) is 62.4 Å². The van der Waals surface area contributed by atoms with Crippen molar-refractivity contribution in [2.45, 2.75) is 26.7 Å². The molecule has 0 unspecified atom stereocenters. The summed E-state index contributed by atoms with van der Waals surface area (Å²) in [5.74, 6) is -1.12. The average Bonchev–Trinajstić information content (AvgIpc) is 2.72. The Labute approximate surface area is 169 Å². The third kappa shape index (κ3) is 5.51. The van der Waals surface area contributed by atoms with Crippen LogP contribution in [0.2, 0.25) is 0 Å². The normalized spacial score (nSPS) is 10.6. The van der Waals surface area contributed by atoms with E-state index in [1.54, 1.807) is 12.1 Å². The summed E-state index contributed by atoms with van der Waals surface area (Å²) in [5, 5.41) is 4.79. The van der Waals surface area contributed by atoms with Gasteiger partial charge in [-0.05, 0) is 47.9 Å². The van der Waals surface area contributed by atoms with Gasteiger partial charge in [-0.25, -0.2) is 0 Å². The Morgan fingerprint density at radius 2 is 1.62 bits per heavy atom. The van der Waals surface area contributed by atoms with Crippen LogP contribution in [-0.4, -0.2) is 24.3 Å². The summed E-state index contributed by atoms with van der Waals surface area (Å²) in [7, 11) is 0. The molecule has 0 bridgehead atoms. The number of nitrogens with one attached hydrogen (secondary N) is 1. The highest BCUT2D eigenvalue weighted by atomic mass is 16.5. The fourth-order valence-electron chi connectivity index (χ4n) is 2.96. The Balaban J connectivity index is 1.47. The molecule has 5 heteroatoms. The maximum Gasteiger partial charge on any atom is 0.306 e. The van der Waals surface area contributed by atoms with E-state index in [4.69, 9.17) is 4.74 Å². The number of carbonyl (C=O) groups excluding carboxylic acids is 3. The third-order valence-electron chi connectivity index (χ3n) is 4.66. The van der Waals surface area contributed by atoms with Crippen molar-refractivity contribution in [3.8, 4) is 0 Å². The van der Waals surface area contributed by atoms with Crippen molar-refractivity contribution < 1.29 is 19.1 Å². The molecule has 1 amide bonds. The van der Waals surface area contributed by atoms with Gasteiger partial charge in [0.25, 0.3) is 0 Å². The number of ketones is 1. The number of amides is 1. The fraction of sp³-hybridized carbons (Fsp3) is 0.208. The minimum absolute atomic E-state index is 0.00359. The Kier molecular flexibility index (Phi) is 6.39. The number of fused-ring (bicyclic) bond motifs is 1. The Morgan fingerprint density at radius 3 is 2.41 bits per heavy atom. The molecule has 5 nitrogen and oxygen atoms in total. The topological polar surface area (TPSA) is 72.5 Å². The van der Waals surface area contributed by atoms with E-state index >= 15 is 0 Å². The minimum Gasteiger partial charge on any atom is -0.457 e. The second-order valence-corrected chi connectivity index (χ2v) is 7.01. The second-order valence-electron chi connectivity index (χ2n) is 7.01. The SMILES string of the molecule is Cc1ccc(C)c(NC(=O)CCC(=O)OCC(=O)c2ccc3ccccc3c2)c1. The van der Waals surface area contributed by atoms with Crippen molar-refractivity contribution in [3.05, 3.63) is 77.4 Å². The van der Waals surface area contributed by atoms with Gasteiger partial charge in [0.15, 0.2) is 12.4 Å². The molecular weight excluding hydrogens is 366 g/mol. The van der Waals surface area contributed by atoms with Crippen LogP contribution in [0.3, 0.4) is 0 Å². The van der Waals surface area contributed by atoms with Crippen LogP contribution in [0.5, 0.6) is 0 Å². The number of benzene rings is 3. The number of hydrogen-bond donors (Lipinski definition) is 1. The summed E-state index contributed by atoms with van der Waals surface area (Å²) in [6, 6.07) is 18.9. The van der Waals surface area contributed by atoms with Crippen molar-refractivity contribution in [1.29, 1.82) is 0 Å². The van der Waals surface area contributed by atoms with Crippen molar-refractivity contribution >= 4 is 34.1 Å². The van der Waals surface area contributed by atoms with Gasteiger partial charge in [-0.15, -0.1) is 0 Å². The molecule has 148 valence electrons. The molecule has 1 N–H and O–H groups in total. The van der Waals surface area contributed by atoms with E-state index in [0.29, 0.717) is 5.56 Å². The number of hydrogen-bond acceptors (Lipinski definition) is 4. The predicted molar refractivity (Wildman–Crippen MR) is 113 cm³/mol. The van der Waals surface area contributed by atoms with Gasteiger partial charge in [-0.3, -0.25) is 14.4 Å². The highest BCUT2D eigenvalue weighted by Gasteiger charge is 2.13. The van der Waals surface area contributed by atoms with E-state index < -0.39 is 5.97 Å². The molecule has 0 aliphatic carbocycles. The molecule has 0 saturated heterocycles. The van der Waals surface area contributed by atoms with Crippen molar-refractivity contribution in [3.63, 3.8) is 0 Å². The number of anilines is 1. The average molecular weight is 389 g/mol. The summed E-state index contributed by atoms with van der Waals surface area (Å²) < 4.78 is 5.05. The van der Waals surface area contributed by atoms with Gasteiger partial charge in [0.2, 0.25) is 5.91 Å². The molecule has 0 radical (unpaired) electrons. The lowest BCUT2D eigenvalue weighted by molar-refractivity contribution is -0.143. The van der Waals surface area contributed by atoms with Gasteiger partial charge >= 0.3 is 5.97 Å². The first-order chi connectivity index (χ1) is 13.9. The van der Waals surface area contributed by atoms with Gasteiger partial charge in [-0.2, -0.15) is 0 Å². The van der Waals surface area contributed by atoms with Gasteiger partial charge in [0.1, 0.15) is 0 Å². The Morgan fingerprint density at radius 1 is 0.862 bits per heavy atom. The number of rotatable bonds is 7. The van der Waals surface area contributed by atoms with Crippen molar-refractivity contribution in [2.24, 2.45) is 0 Å². The summed E-state index contributed by atoms with van der Waals surface area (Å²) in [6.07, 6.45) is -0.0852. The molecule has 3 rings (SSSR count). The summed E-state index contributed by atoms with van der Waals surface area (Å²) in [5.41, 5.74) is 3.21. The highest BCUT2D eigenvalue weighted by molar-refractivity contribution is 6.01. The molecular formula is C24H23NO4. The molecule has 0 atom stereocenters. The smallest absolute Gasteiger partial charge is 0.306 e. The zero-order chi connectivity index (χ0) is 20.8. The van der Waals surface area contributed by atoms with Crippen LogP contribution in [0.25, 0.3) is 10.8 Å². The lowest BCUT2D eigenvalue weighted by Gasteiger charge is -2.09. The van der Waals surface area contributed by atoms with Crippen molar-refractivity contribution in [2.75, 3.05) is 11.9 Å². The van der Waals surface area contributed by atoms with E-state index in [1.165, 1.54) is 0 Å². The summed E-state index contributed by atoms with van der Waals surface area (Å²) in [4.78, 5) is 36.3. The molecule has 0 fully saturated rings. The zero-order valence-corrected chi connectivity index (χ0v) is 16.5. The van der Waals surface area contributed by atoms with Crippen LogP contribution in [-0.2, 0) is 14.3 Å². The lowest BCUT2D eigenvalue weighted by Crippen LogP contribution is -2.17. The summed E-state index contributed by atoms with van der Waals surface area (Å²) >= 11 is 0. The number of carbonyl (C=O) groups is 3. The largest absolute Gasteiger partial charge is 0.457 e. The molecule has 3 aromatic rings. The maximum atomic E-state index is 12.3. The van der Waals surface area contributed by atoms with E-state index in [9.17, 15) is 14.4 Å². The third-order valence-corrected chi connectivity index (χ3v) is 4.66. The Bertz CT molecular complexity index is 1070. The minimum atomic E-state index is -0.574. The van der Waals surface area contributed by atoms with Gasteiger partial charge in [0.05, 0.1) is 6.42 Å². The first kappa shape index (κ1) is 20.3. The van der Waals surface area contributed by atoms with E-state index in [-0.39, 0.29) is 31.1 Å². The van der Waals surface area contributed by atoms with E-state index in [0.717, 1.165) is 27.6 Å². The van der Waals surface area contributed by atoms with E-state index in [2.05, 4.69) is 5.32 Å². The predicted octanol–water partition coefficient (Wildman–Crippen LogP) is 4.60. The molecule has 0 heterocycles. The van der Waals surface area contributed by atoms with Crippen molar-refractivity contribution in [1.82, 2.24) is 0 Å². The number of Topliss-reactive ketones (excluding diaryl/α,β-unsaturated/α-hetero) is 1. The Hall–Kier alpha value is -3.47. The zero-order valence-electron chi connectivity index (χ0n) is 16.5. The lowest BCUT2D eigenvalue weighted by atomic mass is 10.0. The number of esters is 1. The first-order valence-electron chi connectivity index (χ1n) is 9.47. The fourth-order valence-corrected chi connectivity index (χ4v) is 2.96. The molecule has 0 spiro atoms. The quantitative estimate of drug-likeness (QED) is 0.473. The second kappa shape index (κ2) is 9.15. The van der Waals surface area contributed by atoms with Crippen LogP contribution in [0.15, 0.2) is 60.7 Å². The van der Waals surface area contributed by atoms with Gasteiger partial charge < -0.3 is 10.1 Å². The van der Waals surface area contributed by atoms with Crippen LogP contribution in [0.1, 0.15) is 34.3 Å². The van der Waals surface area contributed by atoms with Gasteiger partial charge in [0, 0.05) is 17.7 Å². The monoisotopic (exact) mass is 389 g/mol. The number of aryl methyl sites for hydroxylation is 2. The molecule has 0 aliphatic heterocycles. The molecule has 0 aliphatic rings. The molecule has 0 saturated carbocycles. The van der Waals surface area contributed by atoms with Crippen LogP contribution < -0.4 is 5.32 Å². The molecule has 3 aromatic carbocycles. The maximum absolute atomic E-state index is 12.3. The molecule has 29 heavy (non-hydrogen) atoms. The number of ether oxygens (including phenoxy) is 1. The first-order valence-corrected chi connectivity index (χ1v) is 9.47. The van der Waals surface area contributed by atoms with Crippen LogP contribution in [0.4, 0.5) is 5.69 Å². The highest BCUT2D eigenvalue weighted by Crippen LogP contribution is 2.17. The summed E-state index contributed by atoms with van der Waals surface area (Å²) in [6.45, 7) is 3.51.